The van der Waals surface area contributed by atoms with Crippen molar-refractivity contribution in [3.63, 3.8) is 0 Å². The van der Waals surface area contributed by atoms with Crippen molar-refractivity contribution in [1.82, 2.24) is 26.2 Å². The van der Waals surface area contributed by atoms with E-state index < -0.39 is 17.4 Å². The van der Waals surface area contributed by atoms with Crippen molar-refractivity contribution in [3.8, 4) is 0 Å². The summed E-state index contributed by atoms with van der Waals surface area (Å²) in [6, 6.07) is -0.459. The molecule has 0 spiro atoms. The van der Waals surface area contributed by atoms with Gasteiger partial charge in [0.05, 0.1) is 23.9 Å². The number of carbonyl (C=O) groups is 3. The molecule has 1 atom stereocenters. The van der Waals surface area contributed by atoms with Gasteiger partial charge in [0.2, 0.25) is 17.7 Å². The van der Waals surface area contributed by atoms with Crippen molar-refractivity contribution >= 4 is 17.7 Å². The van der Waals surface area contributed by atoms with Crippen LogP contribution in [0.2, 0.25) is 0 Å². The first-order valence-corrected chi connectivity index (χ1v) is 8.56. The summed E-state index contributed by atoms with van der Waals surface area (Å²) in [5.41, 5.74) is -1.42. The standard InChI is InChI=1S/C17H35N5O3/c1-11(2)19-14(24)10-18-16(5,6)21-15(25)12(3)20-17(7,8)22(9)13(4)23/h11-12,18,20H,10H2,1-9H3,(H,19,24)(H,21,25). The van der Waals surface area contributed by atoms with Crippen LogP contribution in [0.15, 0.2) is 0 Å². The molecule has 146 valence electrons. The minimum Gasteiger partial charge on any atom is -0.353 e. The molecular formula is C17H35N5O3. The predicted octanol–water partition coefficient (Wildman–Crippen LogP) is 0.145. The number of hydrogen-bond acceptors (Lipinski definition) is 5. The zero-order chi connectivity index (χ0) is 20.0. The van der Waals surface area contributed by atoms with Gasteiger partial charge in [-0.15, -0.1) is 0 Å². The molecule has 8 heteroatoms. The number of rotatable bonds is 9. The normalized spacial score (nSPS) is 13.4. The van der Waals surface area contributed by atoms with Crippen molar-refractivity contribution in [2.75, 3.05) is 13.6 Å². The highest BCUT2D eigenvalue weighted by atomic mass is 16.2. The Bertz CT molecular complexity index is 489. The van der Waals surface area contributed by atoms with Crippen LogP contribution in [0.1, 0.15) is 55.4 Å². The van der Waals surface area contributed by atoms with Crippen molar-refractivity contribution in [3.05, 3.63) is 0 Å². The van der Waals surface area contributed by atoms with E-state index in [1.165, 1.54) is 11.8 Å². The van der Waals surface area contributed by atoms with Crippen LogP contribution in [0, 0.1) is 0 Å². The van der Waals surface area contributed by atoms with Crippen LogP contribution in [0.25, 0.3) is 0 Å². The van der Waals surface area contributed by atoms with Gasteiger partial charge < -0.3 is 15.5 Å². The smallest absolute Gasteiger partial charge is 0.238 e. The van der Waals surface area contributed by atoms with Crippen LogP contribution >= 0.6 is 0 Å². The molecule has 0 saturated heterocycles. The lowest BCUT2D eigenvalue weighted by Crippen LogP contribution is -2.64. The van der Waals surface area contributed by atoms with Crippen molar-refractivity contribution in [2.24, 2.45) is 0 Å². The SMILES string of the molecule is CC(=O)N(C)C(C)(C)NC(C)C(=O)NC(C)(C)NCC(=O)NC(C)C. The van der Waals surface area contributed by atoms with Gasteiger partial charge in [-0.25, -0.2) is 0 Å². The Balaban J connectivity index is 4.63. The largest absolute Gasteiger partial charge is 0.353 e. The van der Waals surface area contributed by atoms with Crippen LogP contribution in [-0.4, -0.2) is 59.6 Å². The maximum atomic E-state index is 12.4. The van der Waals surface area contributed by atoms with Gasteiger partial charge in [-0.3, -0.25) is 25.0 Å². The molecule has 0 fully saturated rings. The van der Waals surface area contributed by atoms with Gasteiger partial charge in [-0.05, 0) is 48.5 Å². The summed E-state index contributed by atoms with van der Waals surface area (Å²) in [5, 5.41) is 11.8. The Morgan fingerprint density at radius 2 is 1.56 bits per heavy atom. The van der Waals surface area contributed by atoms with E-state index in [1.807, 2.05) is 27.7 Å². The van der Waals surface area contributed by atoms with Crippen molar-refractivity contribution < 1.29 is 14.4 Å². The van der Waals surface area contributed by atoms with E-state index in [-0.39, 0.29) is 30.3 Å². The average molecular weight is 357 g/mol. The van der Waals surface area contributed by atoms with Gasteiger partial charge in [0.1, 0.15) is 0 Å². The molecule has 1 unspecified atom stereocenters. The van der Waals surface area contributed by atoms with E-state index in [0.29, 0.717) is 0 Å². The molecule has 0 aliphatic carbocycles. The topological polar surface area (TPSA) is 103 Å². The average Bonchev–Trinajstić information content (AvgIpc) is 2.42. The Labute approximate surface area is 151 Å². The molecule has 3 amide bonds. The molecule has 0 aromatic carbocycles. The van der Waals surface area contributed by atoms with Gasteiger partial charge >= 0.3 is 0 Å². The number of nitrogens with one attached hydrogen (secondary N) is 4. The highest BCUT2D eigenvalue weighted by molar-refractivity contribution is 5.82. The van der Waals surface area contributed by atoms with Gasteiger partial charge in [0, 0.05) is 20.0 Å². The highest BCUT2D eigenvalue weighted by Crippen LogP contribution is 2.10. The Morgan fingerprint density at radius 3 is 2.00 bits per heavy atom. The second-order valence-electron chi connectivity index (χ2n) is 7.69. The summed E-state index contributed by atoms with van der Waals surface area (Å²) in [4.78, 5) is 37.2. The minimum atomic E-state index is -0.752. The molecule has 8 nitrogen and oxygen atoms in total. The van der Waals surface area contributed by atoms with Crippen LogP contribution in [-0.2, 0) is 14.4 Å². The van der Waals surface area contributed by atoms with Crippen LogP contribution in [0.3, 0.4) is 0 Å². The summed E-state index contributed by atoms with van der Waals surface area (Å²) >= 11 is 0. The van der Waals surface area contributed by atoms with Gasteiger partial charge in [0.25, 0.3) is 0 Å². The van der Waals surface area contributed by atoms with E-state index in [2.05, 4.69) is 21.3 Å². The molecule has 0 aromatic rings. The van der Waals surface area contributed by atoms with Crippen LogP contribution < -0.4 is 21.3 Å². The minimum absolute atomic E-state index is 0.0664. The Hall–Kier alpha value is -1.67. The van der Waals surface area contributed by atoms with Crippen molar-refractivity contribution in [2.45, 2.75) is 78.8 Å². The fourth-order valence-electron chi connectivity index (χ4n) is 2.22. The zero-order valence-electron chi connectivity index (χ0n) is 17.0. The summed E-state index contributed by atoms with van der Waals surface area (Å²) in [5.74, 6) is -0.456. The van der Waals surface area contributed by atoms with E-state index in [9.17, 15) is 14.4 Å². The molecule has 0 saturated carbocycles. The fourth-order valence-corrected chi connectivity index (χ4v) is 2.22. The van der Waals surface area contributed by atoms with Crippen molar-refractivity contribution in [1.29, 1.82) is 0 Å². The molecule has 25 heavy (non-hydrogen) atoms. The first-order chi connectivity index (χ1) is 11.2. The van der Waals surface area contributed by atoms with E-state index in [4.69, 9.17) is 0 Å². The Morgan fingerprint density at radius 1 is 1.04 bits per heavy atom. The summed E-state index contributed by atoms with van der Waals surface area (Å²) in [6.07, 6.45) is 0. The monoisotopic (exact) mass is 357 g/mol. The van der Waals surface area contributed by atoms with Crippen LogP contribution in [0.5, 0.6) is 0 Å². The molecule has 4 N–H and O–H groups in total. The second kappa shape index (κ2) is 9.15. The number of hydrogen-bond donors (Lipinski definition) is 4. The molecule has 0 aliphatic rings. The third kappa shape index (κ3) is 8.83. The quantitative estimate of drug-likeness (QED) is 0.440. The van der Waals surface area contributed by atoms with E-state index >= 15 is 0 Å². The predicted molar refractivity (Wildman–Crippen MR) is 98.6 cm³/mol. The second-order valence-corrected chi connectivity index (χ2v) is 7.69. The molecule has 0 rings (SSSR count). The summed E-state index contributed by atoms with van der Waals surface area (Å²) < 4.78 is 0. The van der Waals surface area contributed by atoms with E-state index in [1.54, 1.807) is 27.8 Å². The maximum Gasteiger partial charge on any atom is 0.238 e. The first-order valence-electron chi connectivity index (χ1n) is 8.56. The maximum absolute atomic E-state index is 12.4. The third-order valence-electron chi connectivity index (χ3n) is 3.85. The van der Waals surface area contributed by atoms with E-state index in [0.717, 1.165) is 0 Å². The molecule has 0 radical (unpaired) electrons. The summed E-state index contributed by atoms with van der Waals surface area (Å²) in [6.45, 7) is 14.3. The first kappa shape index (κ1) is 23.3. The lowest BCUT2D eigenvalue weighted by atomic mass is 10.1. The molecule has 0 bridgehead atoms. The van der Waals surface area contributed by atoms with Crippen LogP contribution in [0.4, 0.5) is 0 Å². The summed E-state index contributed by atoms with van der Waals surface area (Å²) in [7, 11) is 1.68. The van der Waals surface area contributed by atoms with Gasteiger partial charge in [-0.2, -0.15) is 0 Å². The lowest BCUT2D eigenvalue weighted by Gasteiger charge is -2.38. The lowest BCUT2D eigenvalue weighted by molar-refractivity contribution is -0.135. The fraction of sp³-hybridized carbons (Fsp3) is 0.824. The molecule has 0 aromatic heterocycles. The number of carbonyl (C=O) groups excluding carboxylic acids is 3. The third-order valence-corrected chi connectivity index (χ3v) is 3.85. The highest BCUT2D eigenvalue weighted by Gasteiger charge is 2.31. The van der Waals surface area contributed by atoms with Gasteiger partial charge in [0.15, 0.2) is 0 Å². The zero-order valence-corrected chi connectivity index (χ0v) is 17.0. The Kier molecular flexibility index (Phi) is 8.53. The molecular weight excluding hydrogens is 322 g/mol. The number of amides is 3. The molecule has 0 heterocycles. The molecule has 0 aliphatic heterocycles. The van der Waals surface area contributed by atoms with Gasteiger partial charge in [-0.1, -0.05) is 0 Å². The number of nitrogens with zero attached hydrogens (tertiary/aromatic N) is 1.